The third-order valence-electron chi connectivity index (χ3n) is 7.46. The van der Waals surface area contributed by atoms with Gasteiger partial charge in [-0.2, -0.15) is 13.2 Å². The van der Waals surface area contributed by atoms with Gasteiger partial charge >= 0.3 is 6.18 Å². The molecule has 2 atom stereocenters. The lowest BCUT2D eigenvalue weighted by atomic mass is 9.70. The maximum atomic E-state index is 15.2. The van der Waals surface area contributed by atoms with Crippen LogP contribution in [0.25, 0.3) is 0 Å². The van der Waals surface area contributed by atoms with Crippen molar-refractivity contribution in [1.29, 1.82) is 0 Å². The number of fused-ring (bicyclic) bond motifs is 4. The molecule has 0 unspecified atom stereocenters. The van der Waals surface area contributed by atoms with Crippen LogP contribution in [0.5, 0.6) is 0 Å². The standard InChI is InChI=1S/C26H30F4N2O3/c1-13(2)21-19-20(18-16(32-21)10-24(3,4)11-17(18)33)25(5-7-34-8-6-25)35-23(19)22-15(27)9-14(12-31-22)26(28,29)30/h9,12-13,17,23,33H,5-8,10-11H2,1-4H3/t17-,23-/m0/s1. The van der Waals surface area contributed by atoms with E-state index in [9.17, 15) is 18.3 Å². The Morgan fingerprint density at radius 2 is 1.83 bits per heavy atom. The van der Waals surface area contributed by atoms with Crippen LogP contribution in [0, 0.1) is 11.2 Å². The van der Waals surface area contributed by atoms with Crippen LogP contribution in [-0.2, 0) is 27.7 Å². The zero-order chi connectivity index (χ0) is 25.3. The van der Waals surface area contributed by atoms with Gasteiger partial charge in [-0.05, 0) is 35.8 Å². The zero-order valence-corrected chi connectivity index (χ0v) is 20.3. The number of aliphatic hydroxyl groups excluding tert-OH is 1. The maximum absolute atomic E-state index is 15.2. The van der Waals surface area contributed by atoms with Crippen LogP contribution >= 0.6 is 0 Å². The van der Waals surface area contributed by atoms with Crippen LogP contribution in [0.15, 0.2) is 12.3 Å². The Labute approximate surface area is 201 Å². The number of aromatic nitrogens is 2. The molecule has 0 bridgehead atoms. The van der Waals surface area contributed by atoms with Crippen LogP contribution in [-0.4, -0.2) is 28.3 Å². The van der Waals surface area contributed by atoms with E-state index >= 15 is 4.39 Å². The van der Waals surface area contributed by atoms with Crippen LogP contribution < -0.4 is 0 Å². The van der Waals surface area contributed by atoms with Gasteiger partial charge in [0.1, 0.15) is 17.6 Å². The highest BCUT2D eigenvalue weighted by atomic mass is 19.4. The van der Waals surface area contributed by atoms with Gasteiger partial charge in [0.15, 0.2) is 0 Å². The lowest BCUT2D eigenvalue weighted by Crippen LogP contribution is -2.37. The molecule has 3 aliphatic rings. The first-order chi connectivity index (χ1) is 16.3. The average molecular weight is 495 g/mol. The Hall–Kier alpha value is -2.10. The molecule has 190 valence electrons. The second-order valence-electron chi connectivity index (χ2n) is 11.1. The first kappa shape index (κ1) is 24.6. The molecule has 1 N–H and O–H groups in total. The molecule has 1 saturated heterocycles. The summed E-state index contributed by atoms with van der Waals surface area (Å²) >= 11 is 0. The molecule has 2 aliphatic heterocycles. The molecule has 2 aromatic heterocycles. The number of hydrogen-bond donors (Lipinski definition) is 1. The minimum atomic E-state index is -4.70. The Bertz CT molecular complexity index is 1160. The molecule has 4 heterocycles. The van der Waals surface area contributed by atoms with E-state index in [1.54, 1.807) is 0 Å². The van der Waals surface area contributed by atoms with Gasteiger partial charge in [0, 0.05) is 54.8 Å². The number of nitrogens with zero attached hydrogens (tertiary/aromatic N) is 2. The lowest BCUT2D eigenvalue weighted by Gasteiger charge is -2.40. The molecule has 35 heavy (non-hydrogen) atoms. The number of halogens is 4. The van der Waals surface area contributed by atoms with Gasteiger partial charge in [0.2, 0.25) is 0 Å². The zero-order valence-electron chi connectivity index (χ0n) is 20.3. The van der Waals surface area contributed by atoms with Crippen molar-refractivity contribution in [3.63, 3.8) is 0 Å². The first-order valence-electron chi connectivity index (χ1n) is 12.1. The summed E-state index contributed by atoms with van der Waals surface area (Å²) < 4.78 is 66.9. The highest BCUT2D eigenvalue weighted by molar-refractivity contribution is 5.54. The Balaban J connectivity index is 1.77. The number of pyridine rings is 2. The summed E-state index contributed by atoms with van der Waals surface area (Å²) in [5.74, 6) is -1.14. The van der Waals surface area contributed by atoms with Crippen molar-refractivity contribution < 1.29 is 32.1 Å². The van der Waals surface area contributed by atoms with Crippen LogP contribution in [0.4, 0.5) is 17.6 Å². The third kappa shape index (κ3) is 4.05. The molecule has 5 nitrogen and oxygen atoms in total. The molecule has 0 amide bonds. The minimum Gasteiger partial charge on any atom is -0.388 e. The van der Waals surface area contributed by atoms with Crippen molar-refractivity contribution in [2.75, 3.05) is 13.2 Å². The van der Waals surface area contributed by atoms with Gasteiger partial charge in [-0.25, -0.2) is 4.39 Å². The summed E-state index contributed by atoms with van der Waals surface area (Å²) in [5.41, 5.74) is 1.33. The van der Waals surface area contributed by atoms with Crippen molar-refractivity contribution in [2.45, 2.75) is 83.3 Å². The molecule has 2 aromatic rings. The largest absolute Gasteiger partial charge is 0.417 e. The molecule has 0 saturated carbocycles. The predicted molar refractivity (Wildman–Crippen MR) is 119 cm³/mol. The smallest absolute Gasteiger partial charge is 0.388 e. The topological polar surface area (TPSA) is 64.5 Å². The molecule has 0 radical (unpaired) electrons. The third-order valence-corrected chi connectivity index (χ3v) is 7.46. The summed E-state index contributed by atoms with van der Waals surface area (Å²) in [4.78, 5) is 8.89. The molecule has 0 aromatic carbocycles. The van der Waals surface area contributed by atoms with Crippen molar-refractivity contribution >= 4 is 0 Å². The van der Waals surface area contributed by atoms with Crippen LogP contribution in [0.2, 0.25) is 0 Å². The first-order valence-corrected chi connectivity index (χ1v) is 12.1. The molecule has 1 spiro atoms. The van der Waals surface area contributed by atoms with Crippen molar-refractivity contribution in [3.05, 3.63) is 57.4 Å². The fourth-order valence-electron chi connectivity index (χ4n) is 5.93. The van der Waals surface area contributed by atoms with Gasteiger partial charge in [0.25, 0.3) is 0 Å². The number of hydrogen-bond acceptors (Lipinski definition) is 5. The van der Waals surface area contributed by atoms with Crippen molar-refractivity contribution in [3.8, 4) is 0 Å². The predicted octanol–water partition coefficient (Wildman–Crippen LogP) is 5.89. The molecular weight excluding hydrogens is 464 g/mol. The van der Waals surface area contributed by atoms with Gasteiger partial charge in [-0.15, -0.1) is 0 Å². The Morgan fingerprint density at radius 3 is 2.43 bits per heavy atom. The number of aliphatic hydroxyl groups is 1. The molecule has 5 rings (SSSR count). The Morgan fingerprint density at radius 1 is 1.14 bits per heavy atom. The quantitative estimate of drug-likeness (QED) is 0.528. The van der Waals surface area contributed by atoms with Gasteiger partial charge in [0.05, 0.1) is 17.3 Å². The average Bonchev–Trinajstić information content (AvgIpc) is 3.05. The summed E-state index contributed by atoms with van der Waals surface area (Å²) in [6.07, 6.45) is -3.66. The highest BCUT2D eigenvalue weighted by Crippen LogP contribution is 2.57. The summed E-state index contributed by atoms with van der Waals surface area (Å²) in [5, 5.41) is 11.3. The number of alkyl halides is 3. The summed E-state index contributed by atoms with van der Waals surface area (Å²) in [6, 6.07) is 0.471. The highest BCUT2D eigenvalue weighted by Gasteiger charge is 2.53. The van der Waals surface area contributed by atoms with E-state index in [1.807, 2.05) is 13.8 Å². The van der Waals surface area contributed by atoms with Gasteiger partial charge < -0.3 is 14.6 Å². The molecular formula is C26H30F4N2O3. The number of ether oxygens (including phenoxy) is 2. The van der Waals surface area contributed by atoms with E-state index in [1.165, 1.54) is 0 Å². The van der Waals surface area contributed by atoms with Crippen molar-refractivity contribution in [1.82, 2.24) is 9.97 Å². The van der Waals surface area contributed by atoms with Gasteiger partial charge in [-0.3, -0.25) is 9.97 Å². The van der Waals surface area contributed by atoms with E-state index in [4.69, 9.17) is 14.5 Å². The molecule has 1 aliphatic carbocycles. The van der Waals surface area contributed by atoms with Crippen LogP contribution in [0.3, 0.4) is 0 Å². The number of rotatable bonds is 2. The normalized spacial score (nSPS) is 25.1. The monoisotopic (exact) mass is 494 g/mol. The lowest BCUT2D eigenvalue weighted by molar-refractivity contribution is -0.138. The summed E-state index contributed by atoms with van der Waals surface area (Å²) in [6.45, 7) is 8.97. The van der Waals surface area contributed by atoms with E-state index in [2.05, 4.69) is 18.8 Å². The van der Waals surface area contributed by atoms with E-state index in [0.29, 0.717) is 62.4 Å². The molecule has 1 fully saturated rings. The fraction of sp³-hybridized carbons (Fsp3) is 0.615. The van der Waals surface area contributed by atoms with E-state index in [-0.39, 0.29) is 17.0 Å². The van der Waals surface area contributed by atoms with Crippen molar-refractivity contribution in [2.24, 2.45) is 5.41 Å². The minimum absolute atomic E-state index is 0.0603. The van der Waals surface area contributed by atoms with Crippen LogP contribution in [0.1, 0.15) is 104 Å². The van der Waals surface area contributed by atoms with Gasteiger partial charge in [-0.1, -0.05) is 27.7 Å². The molecule has 9 heteroatoms. The fourth-order valence-corrected chi connectivity index (χ4v) is 5.93. The Kier molecular flexibility index (Phi) is 5.77. The second-order valence-corrected chi connectivity index (χ2v) is 11.1. The second kappa shape index (κ2) is 8.21. The summed E-state index contributed by atoms with van der Waals surface area (Å²) in [7, 11) is 0. The van der Waals surface area contributed by atoms with E-state index < -0.39 is 35.4 Å². The maximum Gasteiger partial charge on any atom is 0.417 e. The van der Waals surface area contributed by atoms with E-state index in [0.717, 1.165) is 16.8 Å². The SMILES string of the molecule is CC(C)c1nc2c(c3c1[C@@H](c1ncc(C(F)(F)F)cc1F)OC31CCOCC1)[C@@H](O)CC(C)(C)C2.